The van der Waals surface area contributed by atoms with Crippen molar-refractivity contribution in [1.82, 2.24) is 20.3 Å². The number of aromatic nitrogens is 3. The lowest BCUT2D eigenvalue weighted by Gasteiger charge is -2.49. The molecule has 0 aliphatic heterocycles. The number of hydrogen-bond donors (Lipinski definition) is 3. The summed E-state index contributed by atoms with van der Waals surface area (Å²) in [5.41, 5.74) is 4.78. The van der Waals surface area contributed by atoms with Gasteiger partial charge in [-0.05, 0) is 35.1 Å². The van der Waals surface area contributed by atoms with E-state index in [2.05, 4.69) is 15.6 Å². The molecule has 0 amide bonds. The van der Waals surface area contributed by atoms with Gasteiger partial charge < -0.3 is 34.5 Å². The minimum absolute atomic E-state index is 0.244. The van der Waals surface area contributed by atoms with Crippen LogP contribution in [0.25, 0.3) is 0 Å². The Kier molecular flexibility index (Phi) is 15.8. The van der Waals surface area contributed by atoms with Crippen molar-refractivity contribution in [1.29, 1.82) is 0 Å². The summed E-state index contributed by atoms with van der Waals surface area (Å²) in [7, 11) is 0. The molecule has 1 aromatic heterocycles. The van der Waals surface area contributed by atoms with Crippen LogP contribution in [-0.2, 0) is 58.5 Å². The third-order valence-electron chi connectivity index (χ3n) is 9.82. The maximum Gasteiger partial charge on any atom is 0.115 e. The highest BCUT2D eigenvalue weighted by Gasteiger charge is 2.53. The molecule has 0 saturated heterocycles. The summed E-state index contributed by atoms with van der Waals surface area (Å²) >= 11 is 0. The van der Waals surface area contributed by atoms with E-state index in [4.69, 9.17) is 24.1 Å². The molecule has 5 aromatic rings. The van der Waals surface area contributed by atoms with Crippen molar-refractivity contribution in [2.45, 2.75) is 108 Å². The lowest BCUT2D eigenvalue weighted by atomic mass is 9.82. The summed E-state index contributed by atoms with van der Waals surface area (Å²) in [6, 6.07) is 39.4. The summed E-state index contributed by atoms with van der Waals surface area (Å²) in [6.07, 6.45) is 3.27. The van der Waals surface area contributed by atoms with E-state index in [1.54, 1.807) is 0 Å². The predicted molar refractivity (Wildman–Crippen MR) is 207 cm³/mol. The minimum Gasteiger partial charge on any atom is -0.396 e. The van der Waals surface area contributed by atoms with Gasteiger partial charge in [-0.1, -0.05) is 146 Å². The van der Waals surface area contributed by atoms with Gasteiger partial charge in [0.05, 0.1) is 38.2 Å². The van der Waals surface area contributed by atoms with Crippen LogP contribution in [-0.4, -0.2) is 68.4 Å². The van der Waals surface area contributed by atoms with Crippen LogP contribution in [0, 0.1) is 0 Å². The number of rotatable bonds is 22. The first-order valence-corrected chi connectivity index (χ1v) is 19.2. The maximum atomic E-state index is 12.4. The zero-order valence-electron chi connectivity index (χ0n) is 30.9. The number of aliphatic hydroxyl groups excluding tert-OH is 2. The average Bonchev–Trinajstić information content (AvgIpc) is 3.68. The first-order chi connectivity index (χ1) is 26.7. The SMILES string of the molecule is OCCCCCCCn1cc(CN[C@@H]2[C@@H](O)[C@H](OCc3ccccc3)[C@@H](OCc3ccccc3)[C@H](OCc3ccccc3)[C@H]2OCc2ccccc2)nn1. The van der Waals surface area contributed by atoms with Crippen LogP contribution in [0.5, 0.6) is 0 Å². The van der Waals surface area contributed by atoms with E-state index >= 15 is 0 Å². The molecule has 1 fully saturated rings. The first kappa shape index (κ1) is 39.4. The highest BCUT2D eigenvalue weighted by atomic mass is 16.6. The monoisotopic (exact) mass is 734 g/mol. The molecule has 3 N–H and O–H groups in total. The smallest absolute Gasteiger partial charge is 0.115 e. The lowest BCUT2D eigenvalue weighted by molar-refractivity contribution is -0.251. The Balaban J connectivity index is 1.27. The normalized spacial score (nSPS) is 21.3. The van der Waals surface area contributed by atoms with Crippen LogP contribution < -0.4 is 5.32 Å². The van der Waals surface area contributed by atoms with Crippen molar-refractivity contribution in [2.24, 2.45) is 0 Å². The van der Waals surface area contributed by atoms with Gasteiger partial charge in [-0.25, -0.2) is 0 Å². The van der Waals surface area contributed by atoms with E-state index in [0.29, 0.717) is 26.4 Å². The summed E-state index contributed by atoms with van der Waals surface area (Å²) in [4.78, 5) is 0. The summed E-state index contributed by atoms with van der Waals surface area (Å²) in [5.74, 6) is 0. The number of hydrogen-bond acceptors (Lipinski definition) is 9. The Morgan fingerprint density at radius 3 is 1.46 bits per heavy atom. The molecule has 1 aliphatic rings. The lowest BCUT2D eigenvalue weighted by Crippen LogP contribution is -2.69. The van der Waals surface area contributed by atoms with E-state index in [-0.39, 0.29) is 13.2 Å². The molecule has 0 radical (unpaired) electrons. The molecular weight excluding hydrogens is 681 g/mol. The molecular formula is C44H54N4O6. The second-order valence-electron chi connectivity index (χ2n) is 13.9. The van der Waals surface area contributed by atoms with Crippen molar-refractivity contribution in [2.75, 3.05) is 6.61 Å². The Hall–Kier alpha value is -4.26. The van der Waals surface area contributed by atoms with E-state index in [1.807, 2.05) is 132 Å². The molecule has 6 atom stereocenters. The van der Waals surface area contributed by atoms with Gasteiger partial charge in [0.25, 0.3) is 0 Å². The van der Waals surface area contributed by atoms with Gasteiger partial charge in [0.2, 0.25) is 0 Å². The topological polar surface area (TPSA) is 120 Å². The summed E-state index contributed by atoms with van der Waals surface area (Å²) in [6.45, 7) is 2.61. The number of benzene rings is 4. The van der Waals surface area contributed by atoms with Crippen LogP contribution in [0.15, 0.2) is 128 Å². The molecule has 1 aliphatic carbocycles. The third kappa shape index (κ3) is 11.9. The first-order valence-electron chi connectivity index (χ1n) is 19.2. The van der Waals surface area contributed by atoms with E-state index in [9.17, 15) is 5.11 Å². The second kappa shape index (κ2) is 21.6. The zero-order chi connectivity index (χ0) is 37.2. The van der Waals surface area contributed by atoms with Crippen LogP contribution in [0.4, 0.5) is 0 Å². The van der Waals surface area contributed by atoms with Crippen molar-refractivity contribution in [3.63, 3.8) is 0 Å². The van der Waals surface area contributed by atoms with Gasteiger partial charge in [0.1, 0.15) is 30.5 Å². The van der Waals surface area contributed by atoms with Crippen LogP contribution in [0.1, 0.15) is 60.1 Å². The highest BCUT2D eigenvalue weighted by Crippen LogP contribution is 2.33. The molecule has 0 spiro atoms. The number of nitrogens with one attached hydrogen (secondary N) is 1. The fourth-order valence-corrected chi connectivity index (χ4v) is 6.91. The number of unbranched alkanes of at least 4 members (excludes halogenated alkanes) is 4. The Labute approximate surface area is 319 Å². The van der Waals surface area contributed by atoms with Crippen LogP contribution >= 0.6 is 0 Å². The average molecular weight is 735 g/mol. The minimum atomic E-state index is -1.03. The van der Waals surface area contributed by atoms with Crippen molar-refractivity contribution >= 4 is 0 Å². The second-order valence-corrected chi connectivity index (χ2v) is 13.9. The Morgan fingerprint density at radius 2 is 0.963 bits per heavy atom. The van der Waals surface area contributed by atoms with E-state index < -0.39 is 36.6 Å². The van der Waals surface area contributed by atoms with Crippen molar-refractivity contribution in [3.05, 3.63) is 155 Å². The largest absolute Gasteiger partial charge is 0.396 e. The third-order valence-corrected chi connectivity index (χ3v) is 9.82. The molecule has 1 saturated carbocycles. The molecule has 4 aromatic carbocycles. The number of nitrogens with zero attached hydrogens (tertiary/aromatic N) is 3. The van der Waals surface area contributed by atoms with E-state index in [0.717, 1.165) is 66.6 Å². The zero-order valence-corrected chi connectivity index (χ0v) is 30.9. The predicted octanol–water partition coefficient (Wildman–Crippen LogP) is 6.40. The van der Waals surface area contributed by atoms with Gasteiger partial charge in [-0.2, -0.15) is 0 Å². The maximum absolute atomic E-state index is 12.4. The summed E-state index contributed by atoms with van der Waals surface area (Å²) < 4.78 is 28.9. The van der Waals surface area contributed by atoms with Gasteiger partial charge in [-0.15, -0.1) is 5.10 Å². The van der Waals surface area contributed by atoms with Crippen molar-refractivity contribution < 1.29 is 29.2 Å². The molecule has 1 heterocycles. The van der Waals surface area contributed by atoms with Gasteiger partial charge in [-0.3, -0.25) is 4.68 Å². The van der Waals surface area contributed by atoms with Crippen LogP contribution in [0.3, 0.4) is 0 Å². The fourth-order valence-electron chi connectivity index (χ4n) is 6.91. The number of ether oxygens (including phenoxy) is 4. The molecule has 0 unspecified atom stereocenters. The quantitative estimate of drug-likeness (QED) is 0.0695. The standard InChI is InChI=1S/C44H54N4O6/c49-27-17-3-1-2-16-26-48-29-38(46-47-48)28-45-39-40(50)42(52-31-35-20-10-5-11-21-35)44(54-33-37-24-14-7-15-25-37)43(53-32-36-22-12-6-13-23-36)41(39)51-30-34-18-8-4-9-19-34/h4-15,18-25,29,39-45,49-50H,1-3,16-17,26-28,30-33H2/t39-,40-,41+,42+,43-,44-/m1/s1. The van der Waals surface area contributed by atoms with Crippen molar-refractivity contribution in [3.8, 4) is 0 Å². The molecule has 10 nitrogen and oxygen atoms in total. The van der Waals surface area contributed by atoms with Gasteiger partial charge in [0.15, 0.2) is 0 Å². The summed E-state index contributed by atoms with van der Waals surface area (Å²) in [5, 5.41) is 33.8. The number of aryl methyl sites for hydroxylation is 1. The van der Waals surface area contributed by atoms with E-state index in [1.165, 1.54) is 0 Å². The molecule has 286 valence electrons. The molecule has 54 heavy (non-hydrogen) atoms. The Morgan fingerprint density at radius 1 is 0.537 bits per heavy atom. The fraction of sp³-hybridized carbons (Fsp3) is 0.409. The highest BCUT2D eigenvalue weighted by molar-refractivity contribution is 5.18. The molecule has 6 rings (SSSR count). The number of aliphatic hydroxyl groups is 2. The van der Waals surface area contributed by atoms with Crippen LogP contribution in [0.2, 0.25) is 0 Å². The van der Waals surface area contributed by atoms with Gasteiger partial charge >= 0.3 is 0 Å². The molecule has 0 bridgehead atoms. The Bertz CT molecular complexity index is 1730. The van der Waals surface area contributed by atoms with Gasteiger partial charge in [0, 0.05) is 25.9 Å². The molecule has 10 heteroatoms.